The maximum absolute atomic E-state index is 13.6. The first kappa shape index (κ1) is 13.7. The van der Waals surface area contributed by atoms with Crippen LogP contribution >= 0.6 is 11.6 Å². The molecule has 2 saturated carbocycles. The monoisotopic (exact) mass is 298 g/mol. The molecule has 0 aliphatic heterocycles. The number of carboxylic acid groups (broad SMARTS) is 1. The number of carboxylic acids is 1. The molecule has 1 N–H and O–H groups in total. The highest BCUT2D eigenvalue weighted by Gasteiger charge is 2.48. The minimum absolute atomic E-state index is 0.00737. The van der Waals surface area contributed by atoms with E-state index in [2.05, 4.69) is 0 Å². The van der Waals surface area contributed by atoms with Crippen LogP contribution in [0.5, 0.6) is 5.75 Å². The first-order chi connectivity index (χ1) is 9.50. The molecule has 0 unspecified atom stereocenters. The zero-order valence-electron chi connectivity index (χ0n) is 11.0. The fourth-order valence-electron chi connectivity index (χ4n) is 2.57. The van der Waals surface area contributed by atoms with Crippen LogP contribution < -0.4 is 4.74 Å². The minimum atomic E-state index is -0.879. The lowest BCUT2D eigenvalue weighted by Gasteiger charge is -2.19. The van der Waals surface area contributed by atoms with Crippen molar-refractivity contribution in [2.75, 3.05) is 6.61 Å². The summed E-state index contributed by atoms with van der Waals surface area (Å²) >= 11 is 6.10. The van der Waals surface area contributed by atoms with Gasteiger partial charge < -0.3 is 9.84 Å². The van der Waals surface area contributed by atoms with Gasteiger partial charge in [0.1, 0.15) is 11.6 Å². The lowest BCUT2D eigenvalue weighted by atomic mass is 9.91. The van der Waals surface area contributed by atoms with Crippen molar-refractivity contribution in [1.29, 1.82) is 0 Å². The summed E-state index contributed by atoms with van der Waals surface area (Å²) in [7, 11) is 0. The van der Waals surface area contributed by atoms with E-state index in [1.807, 2.05) is 0 Å². The quantitative estimate of drug-likeness (QED) is 0.869. The largest absolute Gasteiger partial charge is 0.491 e. The highest BCUT2D eigenvalue weighted by atomic mass is 35.5. The molecule has 2 fully saturated rings. The van der Waals surface area contributed by atoms with E-state index in [0.29, 0.717) is 23.8 Å². The molecule has 0 aromatic heterocycles. The zero-order chi connectivity index (χ0) is 14.3. The summed E-state index contributed by atoms with van der Waals surface area (Å²) in [5, 5.41) is 9.27. The van der Waals surface area contributed by atoms with Crippen molar-refractivity contribution in [2.24, 2.45) is 5.92 Å². The van der Waals surface area contributed by atoms with Crippen LogP contribution in [0.15, 0.2) is 12.1 Å². The Morgan fingerprint density at radius 3 is 2.70 bits per heavy atom. The Bertz CT molecular complexity index is 550. The maximum atomic E-state index is 13.6. The summed E-state index contributed by atoms with van der Waals surface area (Å²) < 4.78 is 19.4. The maximum Gasteiger partial charge on any atom is 0.304 e. The van der Waals surface area contributed by atoms with Gasteiger partial charge in [-0.2, -0.15) is 0 Å². The van der Waals surface area contributed by atoms with Crippen molar-refractivity contribution in [3.05, 3.63) is 28.5 Å². The smallest absolute Gasteiger partial charge is 0.304 e. The number of benzene rings is 1. The van der Waals surface area contributed by atoms with Crippen LogP contribution in [0.25, 0.3) is 0 Å². The molecular weight excluding hydrogens is 283 g/mol. The summed E-state index contributed by atoms with van der Waals surface area (Å²) in [5.74, 6) is -0.297. The van der Waals surface area contributed by atoms with Crippen molar-refractivity contribution >= 4 is 17.6 Å². The molecule has 3 nitrogen and oxygen atoms in total. The summed E-state index contributed by atoms with van der Waals surface area (Å²) in [4.78, 5) is 11.0. The van der Waals surface area contributed by atoms with Crippen LogP contribution in [0.3, 0.4) is 0 Å². The predicted octanol–water partition coefficient (Wildman–Crippen LogP) is 3.77. The van der Waals surface area contributed by atoms with Crippen LogP contribution in [-0.2, 0) is 10.2 Å². The van der Waals surface area contributed by atoms with Crippen LogP contribution in [0.2, 0.25) is 5.02 Å². The highest BCUT2D eigenvalue weighted by Crippen LogP contribution is 2.55. The molecule has 0 radical (unpaired) electrons. The Morgan fingerprint density at radius 1 is 1.45 bits per heavy atom. The van der Waals surface area contributed by atoms with E-state index in [0.717, 1.165) is 25.7 Å². The van der Waals surface area contributed by atoms with E-state index >= 15 is 0 Å². The standard InChI is InChI=1S/C15H16ClFO3/c16-12-6-10(17)5-11(14(12)20-8-9-1-2-9)15(3-4-15)7-13(18)19/h5-6,9H,1-4,7-8H2,(H,18,19). The topological polar surface area (TPSA) is 46.5 Å². The van der Waals surface area contributed by atoms with Gasteiger partial charge in [-0.15, -0.1) is 0 Å². The van der Waals surface area contributed by atoms with Crippen molar-refractivity contribution in [3.8, 4) is 5.75 Å². The van der Waals surface area contributed by atoms with E-state index in [1.165, 1.54) is 12.1 Å². The molecule has 5 heteroatoms. The molecule has 0 saturated heterocycles. The van der Waals surface area contributed by atoms with E-state index in [-0.39, 0.29) is 11.4 Å². The predicted molar refractivity (Wildman–Crippen MR) is 72.8 cm³/mol. The molecule has 108 valence electrons. The summed E-state index contributed by atoms with van der Waals surface area (Å²) in [6.07, 6.45) is 3.76. The molecule has 2 aliphatic carbocycles. The van der Waals surface area contributed by atoms with Crippen LogP contribution in [-0.4, -0.2) is 17.7 Å². The van der Waals surface area contributed by atoms with E-state index in [4.69, 9.17) is 21.4 Å². The second-order valence-electron chi connectivity index (χ2n) is 5.87. The van der Waals surface area contributed by atoms with Gasteiger partial charge in [0.25, 0.3) is 0 Å². The first-order valence-corrected chi connectivity index (χ1v) is 7.22. The van der Waals surface area contributed by atoms with Gasteiger partial charge in [-0.3, -0.25) is 4.79 Å². The fourth-order valence-corrected chi connectivity index (χ4v) is 2.83. The Balaban J connectivity index is 1.92. The Morgan fingerprint density at radius 2 is 2.15 bits per heavy atom. The zero-order valence-corrected chi connectivity index (χ0v) is 11.8. The van der Waals surface area contributed by atoms with Crippen molar-refractivity contribution in [3.63, 3.8) is 0 Å². The normalized spacial score (nSPS) is 19.7. The average Bonchev–Trinajstić information content (AvgIpc) is 3.21. The number of aliphatic carboxylic acids is 1. The van der Waals surface area contributed by atoms with Crippen LogP contribution in [0, 0.1) is 11.7 Å². The molecule has 0 heterocycles. The molecule has 2 aliphatic rings. The van der Waals surface area contributed by atoms with Gasteiger partial charge in [0, 0.05) is 11.0 Å². The summed E-state index contributed by atoms with van der Waals surface area (Å²) in [5.41, 5.74) is 0.113. The Hall–Kier alpha value is -1.29. The Labute approximate surface area is 121 Å². The molecule has 1 aromatic carbocycles. The van der Waals surface area contributed by atoms with Gasteiger partial charge in [-0.05, 0) is 43.7 Å². The molecule has 3 rings (SSSR count). The molecule has 0 bridgehead atoms. The van der Waals surface area contributed by atoms with Crippen LogP contribution in [0.4, 0.5) is 4.39 Å². The van der Waals surface area contributed by atoms with Gasteiger partial charge >= 0.3 is 5.97 Å². The summed E-state index contributed by atoms with van der Waals surface area (Å²) in [6.45, 7) is 0.571. The molecule has 0 amide bonds. The molecule has 0 atom stereocenters. The number of rotatable bonds is 6. The lowest BCUT2D eigenvalue weighted by Crippen LogP contribution is -2.16. The van der Waals surface area contributed by atoms with Gasteiger partial charge in [0.15, 0.2) is 0 Å². The SMILES string of the molecule is O=C(O)CC1(c2cc(F)cc(Cl)c2OCC2CC2)CC1. The Kier molecular flexibility index (Phi) is 3.36. The molecular formula is C15H16ClFO3. The third-order valence-electron chi connectivity index (χ3n) is 4.08. The fraction of sp³-hybridized carbons (Fsp3) is 0.533. The van der Waals surface area contributed by atoms with Gasteiger partial charge in [-0.25, -0.2) is 4.39 Å². The third kappa shape index (κ3) is 2.75. The van der Waals surface area contributed by atoms with E-state index < -0.39 is 17.2 Å². The number of hydrogen-bond acceptors (Lipinski definition) is 2. The number of halogens is 2. The molecule has 0 spiro atoms. The first-order valence-electron chi connectivity index (χ1n) is 6.84. The van der Waals surface area contributed by atoms with Crippen molar-refractivity contribution in [2.45, 2.75) is 37.5 Å². The van der Waals surface area contributed by atoms with Crippen molar-refractivity contribution < 1.29 is 19.0 Å². The number of carbonyl (C=O) groups is 1. The third-order valence-corrected chi connectivity index (χ3v) is 4.36. The highest BCUT2D eigenvalue weighted by molar-refractivity contribution is 6.32. The number of hydrogen-bond donors (Lipinski definition) is 1. The number of ether oxygens (including phenoxy) is 1. The van der Waals surface area contributed by atoms with Gasteiger partial charge in [0.2, 0.25) is 0 Å². The van der Waals surface area contributed by atoms with Crippen LogP contribution in [0.1, 0.15) is 37.7 Å². The summed E-state index contributed by atoms with van der Waals surface area (Å²) in [6, 6.07) is 2.61. The van der Waals surface area contributed by atoms with Gasteiger partial charge in [-0.1, -0.05) is 11.6 Å². The molecule has 20 heavy (non-hydrogen) atoms. The minimum Gasteiger partial charge on any atom is -0.491 e. The average molecular weight is 299 g/mol. The van der Waals surface area contributed by atoms with E-state index in [9.17, 15) is 9.18 Å². The van der Waals surface area contributed by atoms with Crippen molar-refractivity contribution in [1.82, 2.24) is 0 Å². The second kappa shape index (κ2) is 4.92. The molecule has 1 aromatic rings. The van der Waals surface area contributed by atoms with E-state index in [1.54, 1.807) is 0 Å². The van der Waals surface area contributed by atoms with Gasteiger partial charge in [0.05, 0.1) is 18.1 Å². The second-order valence-corrected chi connectivity index (χ2v) is 6.28. The lowest BCUT2D eigenvalue weighted by molar-refractivity contribution is -0.137.